The zero-order valence-electron chi connectivity index (χ0n) is 19.6. The van der Waals surface area contributed by atoms with E-state index in [0.717, 1.165) is 37.9 Å². The van der Waals surface area contributed by atoms with Crippen LogP contribution in [0.3, 0.4) is 0 Å². The molecule has 3 fully saturated rings. The van der Waals surface area contributed by atoms with E-state index in [-0.39, 0.29) is 29.6 Å². The fourth-order valence-electron chi connectivity index (χ4n) is 7.49. The summed E-state index contributed by atoms with van der Waals surface area (Å²) in [7, 11) is 0. The largest absolute Gasteiger partial charge is 0.490 e. The molecule has 174 valence electrons. The van der Waals surface area contributed by atoms with Crippen molar-refractivity contribution in [2.75, 3.05) is 0 Å². The first-order chi connectivity index (χ1) is 15.3. The summed E-state index contributed by atoms with van der Waals surface area (Å²) in [5.74, 6) is 1.88. The van der Waals surface area contributed by atoms with Crippen molar-refractivity contribution < 1.29 is 23.8 Å². The van der Waals surface area contributed by atoms with Gasteiger partial charge in [0.2, 0.25) is 0 Å². The van der Waals surface area contributed by atoms with E-state index in [9.17, 15) is 9.59 Å². The molecule has 0 N–H and O–H groups in total. The molecule has 6 atom stereocenters. The normalized spacial score (nSPS) is 36.0. The number of carbonyl (C=O) groups excluding carboxylic acids is 2. The number of aryl methyl sites for hydroxylation is 1. The van der Waals surface area contributed by atoms with Gasteiger partial charge in [-0.15, -0.1) is 0 Å². The Morgan fingerprint density at radius 3 is 2.47 bits per heavy atom. The summed E-state index contributed by atoms with van der Waals surface area (Å²) in [5, 5.41) is 0. The first kappa shape index (κ1) is 21.8. The number of rotatable bonds is 4. The van der Waals surface area contributed by atoms with E-state index >= 15 is 0 Å². The van der Waals surface area contributed by atoms with Crippen LogP contribution in [0.25, 0.3) is 0 Å². The van der Waals surface area contributed by atoms with E-state index in [2.05, 4.69) is 25.1 Å². The summed E-state index contributed by atoms with van der Waals surface area (Å²) in [4.78, 5) is 23.6. The third kappa shape index (κ3) is 3.82. The van der Waals surface area contributed by atoms with Gasteiger partial charge in [-0.2, -0.15) is 0 Å². The van der Waals surface area contributed by atoms with Gasteiger partial charge in [-0.25, -0.2) is 0 Å². The second-order valence-corrected chi connectivity index (χ2v) is 10.8. The Balaban J connectivity index is 1.38. The highest BCUT2D eigenvalue weighted by molar-refractivity contribution is 5.67. The second kappa shape index (κ2) is 8.39. The molecule has 5 heteroatoms. The van der Waals surface area contributed by atoms with Gasteiger partial charge < -0.3 is 14.2 Å². The highest BCUT2D eigenvalue weighted by atomic mass is 16.6. The van der Waals surface area contributed by atoms with Crippen LogP contribution in [0.2, 0.25) is 0 Å². The summed E-state index contributed by atoms with van der Waals surface area (Å²) in [5.41, 5.74) is 2.77. The van der Waals surface area contributed by atoms with E-state index in [1.807, 2.05) is 0 Å². The van der Waals surface area contributed by atoms with Gasteiger partial charge in [0, 0.05) is 19.3 Å². The number of fused-ring (bicyclic) bond motifs is 5. The Bertz CT molecular complexity index is 888. The Morgan fingerprint density at radius 2 is 1.75 bits per heavy atom. The first-order valence-electron chi connectivity index (χ1n) is 12.5. The molecule has 0 radical (unpaired) electrons. The van der Waals surface area contributed by atoms with E-state index in [0.29, 0.717) is 23.9 Å². The number of ether oxygens (including phenoxy) is 3. The SMILES string of the molecule is CC(=O)O[C@@H]1[C@H](OC(C)=O)C[C@H]2[C@@H]3CCc4cc(OC5CCCC5)ccc4[C@H]3CC[C@]12C. The van der Waals surface area contributed by atoms with E-state index in [1.165, 1.54) is 50.7 Å². The molecule has 0 heterocycles. The van der Waals surface area contributed by atoms with Crippen LogP contribution in [0, 0.1) is 17.3 Å². The highest BCUT2D eigenvalue weighted by Gasteiger charge is 2.61. The predicted octanol–water partition coefficient (Wildman–Crippen LogP) is 5.34. The third-order valence-corrected chi connectivity index (χ3v) is 8.82. The molecule has 5 nitrogen and oxygen atoms in total. The maximum Gasteiger partial charge on any atom is 0.303 e. The smallest absolute Gasteiger partial charge is 0.303 e. The van der Waals surface area contributed by atoms with Crippen molar-refractivity contribution >= 4 is 11.9 Å². The van der Waals surface area contributed by atoms with E-state index in [4.69, 9.17) is 14.2 Å². The van der Waals surface area contributed by atoms with Crippen molar-refractivity contribution in [3.63, 3.8) is 0 Å². The number of hydrogen-bond acceptors (Lipinski definition) is 5. The molecule has 0 unspecified atom stereocenters. The van der Waals surface area contributed by atoms with Gasteiger partial charge in [-0.05, 0) is 98.8 Å². The van der Waals surface area contributed by atoms with Gasteiger partial charge in [0.1, 0.15) is 18.0 Å². The third-order valence-electron chi connectivity index (χ3n) is 8.82. The molecule has 3 saturated carbocycles. The van der Waals surface area contributed by atoms with Crippen molar-refractivity contribution in [1.82, 2.24) is 0 Å². The van der Waals surface area contributed by atoms with E-state index < -0.39 is 0 Å². The molecular formula is C27H36O5. The molecule has 0 aliphatic heterocycles. The van der Waals surface area contributed by atoms with Gasteiger partial charge in [0.15, 0.2) is 0 Å². The minimum Gasteiger partial charge on any atom is -0.490 e. The maximum absolute atomic E-state index is 11.9. The monoisotopic (exact) mass is 440 g/mol. The molecule has 0 spiro atoms. The average Bonchev–Trinajstić information content (AvgIpc) is 3.34. The number of hydrogen-bond donors (Lipinski definition) is 0. The summed E-state index contributed by atoms with van der Waals surface area (Å²) in [6.07, 6.45) is 9.64. The Kier molecular flexibility index (Phi) is 5.71. The second-order valence-electron chi connectivity index (χ2n) is 10.8. The van der Waals surface area contributed by atoms with Gasteiger partial charge in [0.05, 0.1) is 6.10 Å². The molecule has 4 aliphatic carbocycles. The topological polar surface area (TPSA) is 61.8 Å². The number of carbonyl (C=O) groups is 2. The van der Waals surface area contributed by atoms with Crippen LogP contribution < -0.4 is 4.74 Å². The quantitative estimate of drug-likeness (QED) is 0.592. The zero-order valence-corrected chi connectivity index (χ0v) is 19.6. The molecule has 32 heavy (non-hydrogen) atoms. The van der Waals surface area contributed by atoms with Crippen LogP contribution in [-0.2, 0) is 25.5 Å². The summed E-state index contributed by atoms with van der Waals surface area (Å²) in [6.45, 7) is 5.15. The molecule has 4 aliphatic rings. The molecule has 5 rings (SSSR count). The van der Waals surface area contributed by atoms with Crippen molar-refractivity contribution in [3.05, 3.63) is 29.3 Å². The van der Waals surface area contributed by atoms with Gasteiger partial charge >= 0.3 is 11.9 Å². The fraction of sp³-hybridized carbons (Fsp3) is 0.704. The summed E-state index contributed by atoms with van der Waals surface area (Å²) < 4.78 is 17.7. The van der Waals surface area contributed by atoms with E-state index in [1.54, 1.807) is 0 Å². The van der Waals surface area contributed by atoms with Gasteiger partial charge in [-0.3, -0.25) is 9.59 Å². The molecule has 0 saturated heterocycles. The molecule has 1 aromatic rings. The first-order valence-corrected chi connectivity index (χ1v) is 12.5. The minimum atomic E-state index is -0.349. The molecule has 0 bridgehead atoms. The van der Waals surface area contributed by atoms with Crippen molar-refractivity contribution in [2.45, 2.75) is 103 Å². The van der Waals surface area contributed by atoms with Crippen LogP contribution in [0.15, 0.2) is 18.2 Å². The number of benzene rings is 1. The van der Waals surface area contributed by atoms with Gasteiger partial charge in [0.25, 0.3) is 0 Å². The number of esters is 2. The summed E-state index contributed by atoms with van der Waals surface area (Å²) >= 11 is 0. The van der Waals surface area contributed by atoms with Crippen molar-refractivity contribution in [2.24, 2.45) is 17.3 Å². The van der Waals surface area contributed by atoms with Crippen LogP contribution in [-0.4, -0.2) is 30.3 Å². The molecule has 0 amide bonds. The lowest BCUT2D eigenvalue weighted by Gasteiger charge is -2.50. The van der Waals surface area contributed by atoms with Crippen molar-refractivity contribution in [1.29, 1.82) is 0 Å². The lowest BCUT2D eigenvalue weighted by atomic mass is 9.55. The summed E-state index contributed by atoms with van der Waals surface area (Å²) in [6, 6.07) is 6.77. The minimum absolute atomic E-state index is 0.143. The fourth-order valence-corrected chi connectivity index (χ4v) is 7.49. The standard InChI is InChI=1S/C27H36O5/c1-16(28)30-25-15-24-23-10-8-18-14-20(32-19-6-4-5-7-19)9-11-21(18)22(23)12-13-27(24,3)26(25)31-17(2)29/h9,11,14,19,22-26H,4-8,10,12-13,15H2,1-3H3/t22-,23-,24+,25-,26-,27+/m1/s1. The van der Waals surface area contributed by atoms with Crippen LogP contribution in [0.1, 0.15) is 89.2 Å². The van der Waals surface area contributed by atoms with Crippen LogP contribution in [0.4, 0.5) is 0 Å². The molecule has 0 aromatic heterocycles. The Morgan fingerprint density at radius 1 is 1.00 bits per heavy atom. The zero-order chi connectivity index (χ0) is 22.5. The van der Waals surface area contributed by atoms with Crippen molar-refractivity contribution in [3.8, 4) is 5.75 Å². The highest BCUT2D eigenvalue weighted by Crippen LogP contribution is 2.62. The van der Waals surface area contributed by atoms with Crippen LogP contribution >= 0.6 is 0 Å². The Labute approximate surface area is 191 Å². The molecular weight excluding hydrogens is 404 g/mol. The lowest BCUT2D eigenvalue weighted by molar-refractivity contribution is -0.171. The maximum atomic E-state index is 11.9. The average molecular weight is 441 g/mol. The molecule has 1 aromatic carbocycles. The predicted molar refractivity (Wildman–Crippen MR) is 120 cm³/mol. The lowest BCUT2D eigenvalue weighted by Crippen LogP contribution is -2.46. The van der Waals surface area contributed by atoms with Gasteiger partial charge in [-0.1, -0.05) is 13.0 Å². The Hall–Kier alpha value is -2.04. The van der Waals surface area contributed by atoms with Crippen LogP contribution in [0.5, 0.6) is 5.75 Å².